The van der Waals surface area contributed by atoms with Crippen molar-refractivity contribution in [2.24, 2.45) is 0 Å². The number of benzene rings is 3. The first-order valence-electron chi connectivity index (χ1n) is 9.22. The van der Waals surface area contributed by atoms with Gasteiger partial charge in [0.25, 0.3) is 5.91 Å². The molecule has 1 amide bonds. The van der Waals surface area contributed by atoms with Crippen LogP contribution in [0.2, 0.25) is 10.0 Å². The Balaban J connectivity index is 1.86. The SMILES string of the molecule is O=C(O)CON(Cc1ccccc1)C(=O)COc1cc(C(=O)O)cc2cc(Cl)cc(Cl)c12. The monoisotopic (exact) mass is 477 g/mol. The van der Waals surface area contributed by atoms with E-state index in [9.17, 15) is 19.5 Å². The van der Waals surface area contributed by atoms with Gasteiger partial charge in [-0.05, 0) is 35.2 Å². The van der Waals surface area contributed by atoms with Gasteiger partial charge in [-0.1, -0.05) is 53.5 Å². The molecule has 8 nitrogen and oxygen atoms in total. The first kappa shape index (κ1) is 23.3. The third-order valence-electron chi connectivity index (χ3n) is 4.32. The number of nitrogens with zero attached hydrogens (tertiary/aromatic N) is 1. The molecule has 0 radical (unpaired) electrons. The topological polar surface area (TPSA) is 113 Å². The van der Waals surface area contributed by atoms with Crippen molar-refractivity contribution in [1.82, 2.24) is 5.06 Å². The van der Waals surface area contributed by atoms with Gasteiger partial charge in [-0.15, -0.1) is 0 Å². The van der Waals surface area contributed by atoms with E-state index >= 15 is 0 Å². The molecule has 3 aromatic carbocycles. The van der Waals surface area contributed by atoms with E-state index in [1.54, 1.807) is 30.3 Å². The van der Waals surface area contributed by atoms with E-state index in [-0.39, 0.29) is 22.9 Å². The van der Waals surface area contributed by atoms with Gasteiger partial charge >= 0.3 is 11.9 Å². The summed E-state index contributed by atoms with van der Waals surface area (Å²) in [4.78, 5) is 40.2. The van der Waals surface area contributed by atoms with Crippen LogP contribution in [0.25, 0.3) is 10.8 Å². The molecule has 0 unspecified atom stereocenters. The van der Waals surface area contributed by atoms with Crippen LogP contribution < -0.4 is 4.74 Å². The number of aromatic carboxylic acids is 1. The predicted molar refractivity (Wildman–Crippen MR) is 117 cm³/mol. The standard InChI is InChI=1S/C22H17Cl2NO7/c23-16-7-14-6-15(22(29)30)8-18(21(14)17(24)9-16)31-11-19(26)25(32-12-20(27)28)10-13-4-2-1-3-5-13/h1-9H,10-12H2,(H,27,28)(H,29,30). The molecule has 0 saturated heterocycles. The average molecular weight is 478 g/mol. The predicted octanol–water partition coefficient (Wildman–Crippen LogP) is 4.27. The molecule has 0 atom stereocenters. The van der Waals surface area contributed by atoms with Crippen LogP contribution in [0.1, 0.15) is 15.9 Å². The minimum absolute atomic E-state index is 0.0113. The van der Waals surface area contributed by atoms with Crippen molar-refractivity contribution >= 4 is 51.8 Å². The molecular formula is C22H17Cl2NO7. The Hall–Kier alpha value is -3.33. The lowest BCUT2D eigenvalue weighted by atomic mass is 10.1. The molecule has 166 valence electrons. The Kier molecular flexibility index (Phi) is 7.53. The molecule has 10 heteroatoms. The van der Waals surface area contributed by atoms with Gasteiger partial charge in [-0.25, -0.2) is 14.7 Å². The summed E-state index contributed by atoms with van der Waals surface area (Å²) in [6.45, 7) is -1.29. The summed E-state index contributed by atoms with van der Waals surface area (Å²) in [5, 5.41) is 20.5. The number of ether oxygens (including phenoxy) is 1. The third kappa shape index (κ3) is 5.88. The number of halogens is 2. The molecule has 3 aromatic rings. The molecule has 0 saturated carbocycles. The lowest BCUT2D eigenvalue weighted by molar-refractivity contribution is -0.197. The molecule has 0 aromatic heterocycles. The minimum Gasteiger partial charge on any atom is -0.483 e. The van der Waals surface area contributed by atoms with Gasteiger partial charge in [-0.3, -0.25) is 9.63 Å². The second-order valence-electron chi connectivity index (χ2n) is 6.64. The Labute approximate surface area is 192 Å². The van der Waals surface area contributed by atoms with E-state index in [0.717, 1.165) is 5.06 Å². The average Bonchev–Trinajstić information content (AvgIpc) is 2.74. The van der Waals surface area contributed by atoms with Gasteiger partial charge in [-0.2, -0.15) is 0 Å². The molecule has 32 heavy (non-hydrogen) atoms. The van der Waals surface area contributed by atoms with Crippen molar-refractivity contribution in [3.63, 3.8) is 0 Å². The van der Waals surface area contributed by atoms with Crippen LogP contribution in [0, 0.1) is 0 Å². The maximum absolute atomic E-state index is 12.7. The summed E-state index contributed by atoms with van der Waals surface area (Å²) in [6, 6.07) is 14.5. The largest absolute Gasteiger partial charge is 0.483 e. The van der Waals surface area contributed by atoms with Gasteiger partial charge in [0.2, 0.25) is 0 Å². The molecule has 0 bridgehead atoms. The molecule has 0 fully saturated rings. The van der Waals surface area contributed by atoms with Crippen molar-refractivity contribution in [1.29, 1.82) is 0 Å². The lowest BCUT2D eigenvalue weighted by Gasteiger charge is -2.21. The zero-order valence-electron chi connectivity index (χ0n) is 16.5. The molecule has 0 aliphatic heterocycles. The van der Waals surface area contributed by atoms with Crippen molar-refractivity contribution < 1.29 is 34.2 Å². The fraction of sp³-hybridized carbons (Fsp3) is 0.136. The van der Waals surface area contributed by atoms with Crippen molar-refractivity contribution in [3.8, 4) is 5.75 Å². The van der Waals surface area contributed by atoms with Crippen LogP contribution in [0.3, 0.4) is 0 Å². The fourth-order valence-corrected chi connectivity index (χ4v) is 3.53. The number of carbonyl (C=O) groups excluding carboxylic acids is 1. The number of hydrogen-bond donors (Lipinski definition) is 2. The van der Waals surface area contributed by atoms with Crippen molar-refractivity contribution in [2.75, 3.05) is 13.2 Å². The number of hydrogen-bond acceptors (Lipinski definition) is 5. The van der Waals surface area contributed by atoms with Crippen molar-refractivity contribution in [2.45, 2.75) is 6.54 Å². The van der Waals surface area contributed by atoms with Crippen molar-refractivity contribution in [3.05, 3.63) is 75.8 Å². The van der Waals surface area contributed by atoms with E-state index in [1.807, 2.05) is 0 Å². The van der Waals surface area contributed by atoms with Gasteiger partial charge in [0.1, 0.15) is 5.75 Å². The number of hydroxylamine groups is 2. The van der Waals surface area contributed by atoms with E-state index in [0.29, 0.717) is 21.4 Å². The molecule has 0 heterocycles. The first-order valence-corrected chi connectivity index (χ1v) is 9.98. The second kappa shape index (κ2) is 10.3. The highest BCUT2D eigenvalue weighted by molar-refractivity contribution is 6.39. The summed E-state index contributed by atoms with van der Waals surface area (Å²) < 4.78 is 5.61. The number of carbonyl (C=O) groups is 3. The van der Waals surface area contributed by atoms with Crippen LogP contribution in [-0.2, 0) is 21.0 Å². The van der Waals surface area contributed by atoms with Gasteiger partial charge < -0.3 is 14.9 Å². The Morgan fingerprint density at radius 1 is 0.938 bits per heavy atom. The summed E-state index contributed by atoms with van der Waals surface area (Å²) >= 11 is 12.3. The maximum Gasteiger partial charge on any atom is 0.335 e. The summed E-state index contributed by atoms with van der Waals surface area (Å²) in [6.07, 6.45) is 0. The molecule has 0 aliphatic carbocycles. The molecule has 0 spiro atoms. The van der Waals surface area contributed by atoms with Crippen LogP contribution in [0.15, 0.2) is 54.6 Å². The van der Waals surface area contributed by atoms with Crippen LogP contribution in [-0.4, -0.2) is 46.3 Å². The fourth-order valence-electron chi connectivity index (χ4n) is 2.93. The summed E-state index contributed by atoms with van der Waals surface area (Å²) in [7, 11) is 0. The van der Waals surface area contributed by atoms with Crippen LogP contribution in [0.4, 0.5) is 0 Å². The Bertz CT molecular complexity index is 1170. The van der Waals surface area contributed by atoms with E-state index in [4.69, 9.17) is 37.9 Å². The highest BCUT2D eigenvalue weighted by atomic mass is 35.5. The van der Waals surface area contributed by atoms with Gasteiger partial charge in [0, 0.05) is 10.4 Å². The quantitative estimate of drug-likeness (QED) is 0.442. The van der Waals surface area contributed by atoms with Crippen LogP contribution >= 0.6 is 23.2 Å². The maximum atomic E-state index is 12.7. The first-order chi connectivity index (χ1) is 15.2. The summed E-state index contributed by atoms with van der Waals surface area (Å²) in [5.41, 5.74) is 0.629. The zero-order valence-corrected chi connectivity index (χ0v) is 18.0. The molecule has 2 N–H and O–H groups in total. The second-order valence-corrected chi connectivity index (χ2v) is 7.48. The Morgan fingerprint density at radius 2 is 1.66 bits per heavy atom. The smallest absolute Gasteiger partial charge is 0.335 e. The lowest BCUT2D eigenvalue weighted by Crippen LogP contribution is -2.36. The number of aliphatic carboxylic acids is 1. The number of rotatable bonds is 9. The number of carboxylic acids is 2. The number of fused-ring (bicyclic) bond motifs is 1. The zero-order chi connectivity index (χ0) is 23.3. The highest BCUT2D eigenvalue weighted by Crippen LogP contribution is 2.36. The number of amides is 1. The van der Waals surface area contributed by atoms with E-state index in [2.05, 4.69) is 0 Å². The van der Waals surface area contributed by atoms with E-state index in [1.165, 1.54) is 24.3 Å². The third-order valence-corrected chi connectivity index (χ3v) is 4.83. The number of carboxylic acid groups (broad SMARTS) is 2. The Morgan fingerprint density at radius 3 is 2.31 bits per heavy atom. The van der Waals surface area contributed by atoms with Gasteiger partial charge in [0.05, 0.1) is 17.1 Å². The normalized spacial score (nSPS) is 10.7. The molecular weight excluding hydrogens is 461 g/mol. The summed E-state index contributed by atoms with van der Waals surface area (Å²) in [5.74, 6) is -3.06. The van der Waals surface area contributed by atoms with E-state index < -0.39 is 31.1 Å². The minimum atomic E-state index is -1.25. The van der Waals surface area contributed by atoms with Gasteiger partial charge in [0.15, 0.2) is 13.2 Å². The highest BCUT2D eigenvalue weighted by Gasteiger charge is 2.20. The molecule has 3 rings (SSSR count). The molecule has 0 aliphatic rings. The van der Waals surface area contributed by atoms with Crippen LogP contribution in [0.5, 0.6) is 5.75 Å².